The van der Waals surface area contributed by atoms with Crippen molar-refractivity contribution in [3.05, 3.63) is 12.4 Å². The smallest absolute Gasteiger partial charge is 0.134 e. The topological polar surface area (TPSA) is 72.7 Å². The minimum Gasteiger partial charge on any atom is -0.393 e. The first-order valence-electron chi connectivity index (χ1n) is 9.22. The first kappa shape index (κ1) is 17.4. The first-order chi connectivity index (χ1) is 11.5. The van der Waals surface area contributed by atoms with E-state index >= 15 is 0 Å². The molecule has 6 heteroatoms. The summed E-state index contributed by atoms with van der Waals surface area (Å²) in [6, 6.07) is 2.06. The maximum absolute atomic E-state index is 9.89. The Bertz CT molecular complexity index is 494. The lowest BCUT2D eigenvalue weighted by atomic mass is 9.93. The van der Waals surface area contributed by atoms with Crippen LogP contribution in [0.25, 0.3) is 0 Å². The molecule has 0 bridgehead atoms. The van der Waals surface area contributed by atoms with Crippen molar-refractivity contribution in [3.63, 3.8) is 0 Å². The van der Waals surface area contributed by atoms with Crippen LogP contribution in [0, 0.1) is 11.8 Å². The summed E-state index contributed by atoms with van der Waals surface area (Å²) in [6.45, 7) is 7.42. The number of anilines is 2. The minimum absolute atomic E-state index is 0.275. The summed E-state index contributed by atoms with van der Waals surface area (Å²) in [4.78, 5) is 13.5. The molecule has 134 valence electrons. The molecule has 2 aliphatic heterocycles. The fourth-order valence-corrected chi connectivity index (χ4v) is 3.91. The molecule has 1 aromatic heterocycles. The van der Waals surface area contributed by atoms with Gasteiger partial charge in [0.05, 0.1) is 12.2 Å². The zero-order valence-electron chi connectivity index (χ0n) is 14.8. The molecular formula is C18H30N4O2. The molecule has 0 spiro atoms. The molecule has 3 heterocycles. The zero-order chi connectivity index (χ0) is 17.1. The van der Waals surface area contributed by atoms with Crippen molar-refractivity contribution >= 4 is 11.6 Å². The van der Waals surface area contributed by atoms with Crippen LogP contribution in [0.2, 0.25) is 0 Å². The summed E-state index contributed by atoms with van der Waals surface area (Å²) in [5.41, 5.74) is 0. The second-order valence-corrected chi connectivity index (χ2v) is 7.41. The number of aliphatic hydroxyl groups is 2. The average molecular weight is 334 g/mol. The van der Waals surface area contributed by atoms with Gasteiger partial charge < -0.3 is 20.0 Å². The first-order valence-corrected chi connectivity index (χ1v) is 9.22. The van der Waals surface area contributed by atoms with Crippen molar-refractivity contribution in [2.45, 2.75) is 51.7 Å². The molecular weight excluding hydrogens is 304 g/mol. The van der Waals surface area contributed by atoms with Gasteiger partial charge in [0.2, 0.25) is 0 Å². The molecule has 2 aliphatic rings. The third-order valence-corrected chi connectivity index (χ3v) is 5.57. The van der Waals surface area contributed by atoms with Gasteiger partial charge in [-0.15, -0.1) is 0 Å². The molecule has 6 nitrogen and oxygen atoms in total. The number of nitrogens with zero attached hydrogens (tertiary/aromatic N) is 4. The highest BCUT2D eigenvalue weighted by molar-refractivity contribution is 5.50. The summed E-state index contributed by atoms with van der Waals surface area (Å²) in [5.74, 6) is 2.52. The Hall–Kier alpha value is -1.40. The van der Waals surface area contributed by atoms with Crippen LogP contribution >= 0.6 is 0 Å². The van der Waals surface area contributed by atoms with Gasteiger partial charge in [-0.05, 0) is 39.5 Å². The molecule has 24 heavy (non-hydrogen) atoms. The number of aliphatic hydroxyl groups excluding tert-OH is 2. The van der Waals surface area contributed by atoms with Gasteiger partial charge in [0.25, 0.3) is 0 Å². The predicted octanol–water partition coefficient (Wildman–Crippen LogP) is 1.67. The molecule has 1 aromatic rings. The van der Waals surface area contributed by atoms with E-state index in [4.69, 9.17) is 0 Å². The van der Waals surface area contributed by atoms with Crippen LogP contribution in [-0.2, 0) is 0 Å². The average Bonchev–Trinajstić information content (AvgIpc) is 2.62. The molecule has 0 radical (unpaired) electrons. The van der Waals surface area contributed by atoms with E-state index in [1.165, 1.54) is 0 Å². The highest BCUT2D eigenvalue weighted by atomic mass is 16.3. The highest BCUT2D eigenvalue weighted by Crippen LogP contribution is 2.28. The normalized spacial score (nSPS) is 27.8. The summed E-state index contributed by atoms with van der Waals surface area (Å²) in [5, 5.41) is 19.8. The van der Waals surface area contributed by atoms with E-state index in [9.17, 15) is 10.2 Å². The third kappa shape index (κ3) is 3.98. The van der Waals surface area contributed by atoms with E-state index in [1.54, 1.807) is 6.33 Å². The van der Waals surface area contributed by atoms with Gasteiger partial charge in [0, 0.05) is 44.1 Å². The number of piperidine rings is 2. The Kier molecular flexibility index (Phi) is 5.56. The van der Waals surface area contributed by atoms with Crippen molar-refractivity contribution in [1.29, 1.82) is 0 Å². The van der Waals surface area contributed by atoms with Crippen LogP contribution in [-0.4, -0.2) is 58.6 Å². The minimum atomic E-state index is -0.275. The highest BCUT2D eigenvalue weighted by Gasteiger charge is 2.27. The van der Waals surface area contributed by atoms with Crippen LogP contribution in [0.5, 0.6) is 0 Å². The van der Waals surface area contributed by atoms with Gasteiger partial charge in [-0.25, -0.2) is 9.97 Å². The van der Waals surface area contributed by atoms with Gasteiger partial charge in [-0.3, -0.25) is 0 Å². The second kappa shape index (κ2) is 7.66. The van der Waals surface area contributed by atoms with Crippen molar-refractivity contribution < 1.29 is 10.2 Å². The van der Waals surface area contributed by atoms with E-state index in [1.807, 2.05) is 13.8 Å². The lowest BCUT2D eigenvalue weighted by molar-refractivity contribution is 0.115. The van der Waals surface area contributed by atoms with E-state index in [0.717, 1.165) is 63.5 Å². The lowest BCUT2D eigenvalue weighted by Gasteiger charge is -2.37. The van der Waals surface area contributed by atoms with Crippen molar-refractivity contribution in [2.75, 3.05) is 36.0 Å². The molecule has 0 saturated carbocycles. The van der Waals surface area contributed by atoms with Gasteiger partial charge in [-0.2, -0.15) is 0 Å². The summed E-state index contributed by atoms with van der Waals surface area (Å²) in [7, 11) is 0. The van der Waals surface area contributed by atoms with Gasteiger partial charge in [0.15, 0.2) is 0 Å². The van der Waals surface area contributed by atoms with Gasteiger partial charge in [0.1, 0.15) is 18.0 Å². The molecule has 2 saturated heterocycles. The Labute approximate surface area is 144 Å². The largest absolute Gasteiger partial charge is 0.393 e. The van der Waals surface area contributed by atoms with E-state index < -0.39 is 0 Å². The van der Waals surface area contributed by atoms with Crippen molar-refractivity contribution in [2.24, 2.45) is 11.8 Å². The van der Waals surface area contributed by atoms with Crippen LogP contribution < -0.4 is 9.80 Å². The van der Waals surface area contributed by atoms with E-state index in [2.05, 4.69) is 25.8 Å². The maximum Gasteiger partial charge on any atom is 0.134 e. The number of hydrogen-bond donors (Lipinski definition) is 2. The Morgan fingerprint density at radius 1 is 0.917 bits per heavy atom. The van der Waals surface area contributed by atoms with Crippen molar-refractivity contribution in [3.8, 4) is 0 Å². The Morgan fingerprint density at radius 2 is 1.38 bits per heavy atom. The van der Waals surface area contributed by atoms with Gasteiger partial charge >= 0.3 is 0 Å². The van der Waals surface area contributed by atoms with Crippen molar-refractivity contribution in [1.82, 2.24) is 9.97 Å². The monoisotopic (exact) mass is 334 g/mol. The molecule has 0 aliphatic carbocycles. The van der Waals surface area contributed by atoms with Crippen LogP contribution in [0.1, 0.15) is 39.5 Å². The molecule has 0 amide bonds. The number of rotatable bonds is 4. The third-order valence-electron chi connectivity index (χ3n) is 5.57. The SMILES string of the molecule is C[C@H](O)[C@@H]1CCCN(c2cc(N3CCC[C@H]([C@@H](C)O)C3)ncn2)C1. The number of aromatic nitrogens is 2. The van der Waals surface area contributed by atoms with E-state index in [0.29, 0.717) is 11.8 Å². The standard InChI is InChI=1S/C18H30N4O2/c1-13(23)15-5-3-7-21(10-15)17-9-18(20-12-19-17)22-8-4-6-16(11-22)14(2)24/h9,12-16,23-24H,3-8,10-11H2,1-2H3/t13-,14+,15+,16-. The van der Waals surface area contributed by atoms with Gasteiger partial charge in [-0.1, -0.05) is 0 Å². The molecule has 0 aromatic carbocycles. The fraction of sp³-hybridized carbons (Fsp3) is 0.778. The summed E-state index contributed by atoms with van der Waals surface area (Å²) < 4.78 is 0. The van der Waals surface area contributed by atoms with Crippen LogP contribution in [0.15, 0.2) is 12.4 Å². The summed E-state index contributed by atoms with van der Waals surface area (Å²) >= 11 is 0. The molecule has 2 fully saturated rings. The quantitative estimate of drug-likeness (QED) is 0.873. The molecule has 4 atom stereocenters. The molecule has 3 rings (SSSR count). The maximum atomic E-state index is 9.89. The van der Waals surface area contributed by atoms with Crippen LogP contribution in [0.3, 0.4) is 0 Å². The zero-order valence-corrected chi connectivity index (χ0v) is 14.8. The van der Waals surface area contributed by atoms with Crippen LogP contribution in [0.4, 0.5) is 11.6 Å². The molecule has 0 unspecified atom stereocenters. The fourth-order valence-electron chi connectivity index (χ4n) is 3.91. The number of hydrogen-bond acceptors (Lipinski definition) is 6. The second-order valence-electron chi connectivity index (χ2n) is 7.41. The Morgan fingerprint density at radius 3 is 1.79 bits per heavy atom. The predicted molar refractivity (Wildman–Crippen MR) is 95.3 cm³/mol. The lowest BCUT2D eigenvalue weighted by Crippen LogP contribution is -2.41. The van der Waals surface area contributed by atoms with E-state index in [-0.39, 0.29) is 12.2 Å². The molecule has 2 N–H and O–H groups in total. The summed E-state index contributed by atoms with van der Waals surface area (Å²) in [6.07, 6.45) is 5.42. The Balaban J connectivity index is 1.72.